The molecule has 0 atom stereocenters. The van der Waals surface area contributed by atoms with Gasteiger partial charge in [-0.05, 0) is 115 Å². The van der Waals surface area contributed by atoms with E-state index in [2.05, 4.69) is 0 Å². The van der Waals surface area contributed by atoms with Crippen molar-refractivity contribution in [2.24, 2.45) is 0 Å². The molecule has 0 fully saturated rings. The van der Waals surface area contributed by atoms with E-state index in [1.165, 1.54) is 67.8 Å². The van der Waals surface area contributed by atoms with Crippen LogP contribution in [0.4, 0.5) is 40.8 Å². The Labute approximate surface area is 373 Å². The van der Waals surface area contributed by atoms with E-state index in [-0.39, 0.29) is 61.8 Å². The highest BCUT2D eigenvalue weighted by Gasteiger charge is 2.84. The maximum absolute atomic E-state index is 15.1. The van der Waals surface area contributed by atoms with Gasteiger partial charge in [-0.25, -0.2) is 13.3 Å². The van der Waals surface area contributed by atoms with E-state index in [0.29, 0.717) is 24.8 Å². The predicted octanol–water partition coefficient (Wildman–Crippen LogP) is 9.59. The average molecular weight is 974 g/mol. The SMILES string of the molecule is COc1ccc(N2C(=O)c3ccc4c5c(ccc(c35)C2=O)C(=O)C(c2ccc(Oc3ccc(S(=O)(=O)c5ccc(C)c(C(F)(F)C(F)(F)C(F)(F)C(F)(F)S(=O)(=O)O)c5)cc3)cc2)C4=O)cc1. The number of carbonyl (C=O) groups is 4. The van der Waals surface area contributed by atoms with Crippen molar-refractivity contribution < 1.29 is 85.2 Å². The maximum atomic E-state index is 15.1. The summed E-state index contributed by atoms with van der Waals surface area (Å²) in [6, 6.07) is 22.4. The molecule has 12 nitrogen and oxygen atoms in total. The molecule has 22 heteroatoms. The number of carbonyl (C=O) groups excluding carboxylic acids is 4. The van der Waals surface area contributed by atoms with E-state index >= 15 is 8.78 Å². The molecule has 1 N–H and O–H groups in total. The van der Waals surface area contributed by atoms with Crippen molar-refractivity contribution in [3.8, 4) is 17.2 Å². The number of Topliss-reactive ketones (excluding diaryl/α,β-unsaturated/α-hetero) is 2. The van der Waals surface area contributed by atoms with Crippen molar-refractivity contribution in [1.29, 1.82) is 0 Å². The number of benzene rings is 6. The van der Waals surface area contributed by atoms with E-state index < -0.39 is 93.2 Å². The minimum absolute atomic E-state index is 0.0439. The van der Waals surface area contributed by atoms with Crippen molar-refractivity contribution in [2.75, 3.05) is 12.0 Å². The largest absolute Gasteiger partial charge is 0.497 e. The Kier molecular flexibility index (Phi) is 10.8. The Hall–Kier alpha value is -7.04. The number of ether oxygens (including phenoxy) is 2. The molecule has 6 aromatic rings. The Morgan fingerprint density at radius 3 is 1.51 bits per heavy atom. The van der Waals surface area contributed by atoms with Crippen molar-refractivity contribution in [1.82, 2.24) is 0 Å². The first kappa shape index (κ1) is 46.5. The van der Waals surface area contributed by atoms with Gasteiger partial charge in [0, 0.05) is 38.6 Å². The standard InChI is InChI=1S/C45H27F8NO11S2/c1-22-3-14-29(21-34(22)42(46,47)43(48,49)44(50,51)45(52,53)67(61,62)63)66(59,60)28-15-12-27(13-16-28)65-26-8-4-23(5-9-26)35-38(55)30-17-19-32-37-33(20-18-31(36(30)37)39(35)56)41(58)54(40(32)57)24-6-10-25(64-2)11-7-24/h3-21,35H,1-2H3,(H,61,62,63). The summed E-state index contributed by atoms with van der Waals surface area (Å²) in [5.74, 6) is -24.3. The van der Waals surface area contributed by atoms with Crippen LogP contribution in [0.25, 0.3) is 10.8 Å². The summed E-state index contributed by atoms with van der Waals surface area (Å²) in [4.78, 5) is 54.7. The van der Waals surface area contributed by atoms with E-state index in [9.17, 15) is 62.4 Å². The molecule has 1 aliphatic heterocycles. The summed E-state index contributed by atoms with van der Waals surface area (Å²) >= 11 is 0. The summed E-state index contributed by atoms with van der Waals surface area (Å²) in [6.45, 7) is 0.634. The fraction of sp³-hybridized carbons (Fsp3) is 0.156. The molecular weight excluding hydrogens is 947 g/mol. The Balaban J connectivity index is 1.01. The Morgan fingerprint density at radius 2 is 1.01 bits per heavy atom. The quantitative estimate of drug-likeness (QED) is 0.0534. The third-order valence-corrected chi connectivity index (χ3v) is 14.0. The third kappa shape index (κ3) is 6.95. The first-order valence-corrected chi connectivity index (χ1v) is 22.0. The van der Waals surface area contributed by atoms with Crippen LogP contribution in [-0.4, -0.2) is 69.0 Å². The fourth-order valence-electron chi connectivity index (χ4n) is 7.80. The van der Waals surface area contributed by atoms with E-state index in [4.69, 9.17) is 14.0 Å². The Morgan fingerprint density at radius 1 is 0.567 bits per heavy atom. The van der Waals surface area contributed by atoms with Gasteiger partial charge in [0.25, 0.3) is 11.8 Å². The van der Waals surface area contributed by atoms with Crippen LogP contribution < -0.4 is 14.4 Å². The van der Waals surface area contributed by atoms with Crippen molar-refractivity contribution in [2.45, 2.75) is 45.7 Å². The lowest BCUT2D eigenvalue weighted by Crippen LogP contribution is -2.63. The highest BCUT2D eigenvalue weighted by atomic mass is 32.2. The molecule has 0 bridgehead atoms. The number of sulfone groups is 1. The second-order valence-electron chi connectivity index (χ2n) is 15.2. The number of rotatable bonds is 12. The smallest absolute Gasteiger partial charge is 0.438 e. The monoisotopic (exact) mass is 973 g/mol. The fourth-order valence-corrected chi connectivity index (χ4v) is 9.54. The molecule has 2 aliphatic rings. The Bertz CT molecular complexity index is 3280. The van der Waals surface area contributed by atoms with Crippen LogP contribution in [0.3, 0.4) is 0 Å². The van der Waals surface area contributed by atoms with Crippen molar-refractivity contribution in [3.05, 3.63) is 154 Å². The van der Waals surface area contributed by atoms with E-state index in [1.54, 1.807) is 12.1 Å². The maximum Gasteiger partial charge on any atom is 0.438 e. The van der Waals surface area contributed by atoms with Crippen LogP contribution in [-0.2, 0) is 25.9 Å². The molecule has 0 saturated carbocycles. The lowest BCUT2D eigenvalue weighted by Gasteiger charge is -2.36. The number of imide groups is 1. The summed E-state index contributed by atoms with van der Waals surface area (Å²) in [5, 5.41) is -6.77. The highest BCUT2D eigenvalue weighted by Crippen LogP contribution is 2.58. The first-order chi connectivity index (χ1) is 31.2. The number of anilines is 1. The van der Waals surface area contributed by atoms with Crippen LogP contribution in [0.2, 0.25) is 0 Å². The normalized spacial score (nSPS) is 15.1. The zero-order valence-electron chi connectivity index (χ0n) is 33.9. The zero-order chi connectivity index (χ0) is 49.0. The molecule has 0 saturated heterocycles. The number of ketones is 2. The molecular formula is C45H27F8NO11S2. The number of hydrogen-bond acceptors (Lipinski definition) is 10. The molecule has 6 aromatic carbocycles. The number of hydrogen-bond donors (Lipinski definition) is 1. The minimum atomic E-state index is -7.42. The second-order valence-corrected chi connectivity index (χ2v) is 18.6. The van der Waals surface area contributed by atoms with Crippen LogP contribution >= 0.6 is 0 Å². The number of nitrogens with zero attached hydrogens (tertiary/aromatic N) is 1. The minimum Gasteiger partial charge on any atom is -0.497 e. The number of amides is 2. The average Bonchev–Trinajstić information content (AvgIpc) is 3.28. The van der Waals surface area contributed by atoms with Gasteiger partial charge in [-0.2, -0.15) is 43.5 Å². The summed E-state index contributed by atoms with van der Waals surface area (Å²) in [6.07, 6.45) is 0. The molecule has 8 rings (SSSR count). The molecule has 2 amide bonds. The number of methoxy groups -OCH3 is 1. The van der Waals surface area contributed by atoms with Gasteiger partial charge in [0.05, 0.1) is 22.6 Å². The number of halogens is 8. The van der Waals surface area contributed by atoms with Crippen LogP contribution in [0.1, 0.15) is 64.0 Å². The van der Waals surface area contributed by atoms with Gasteiger partial charge in [-0.15, -0.1) is 0 Å². The van der Waals surface area contributed by atoms with Gasteiger partial charge in [0.1, 0.15) is 23.2 Å². The first-order valence-electron chi connectivity index (χ1n) is 19.1. The van der Waals surface area contributed by atoms with Crippen LogP contribution in [0.5, 0.6) is 17.2 Å². The van der Waals surface area contributed by atoms with Gasteiger partial charge >= 0.3 is 33.1 Å². The number of aryl methyl sites for hydroxylation is 1. The lowest BCUT2D eigenvalue weighted by atomic mass is 9.74. The topological polar surface area (TPSA) is 178 Å². The van der Waals surface area contributed by atoms with Gasteiger partial charge in [0.15, 0.2) is 11.6 Å². The zero-order valence-corrected chi connectivity index (χ0v) is 35.5. The lowest BCUT2D eigenvalue weighted by molar-refractivity contribution is -0.353. The predicted molar refractivity (Wildman–Crippen MR) is 219 cm³/mol. The van der Waals surface area contributed by atoms with Crippen molar-refractivity contribution in [3.63, 3.8) is 0 Å². The molecule has 0 unspecified atom stereocenters. The van der Waals surface area contributed by atoms with E-state index in [1.807, 2.05) is 0 Å². The molecule has 0 aromatic heterocycles. The number of alkyl halides is 8. The molecule has 0 spiro atoms. The van der Waals surface area contributed by atoms with Gasteiger partial charge in [-0.3, -0.25) is 23.7 Å². The molecule has 67 heavy (non-hydrogen) atoms. The van der Waals surface area contributed by atoms with Crippen LogP contribution in [0.15, 0.2) is 125 Å². The van der Waals surface area contributed by atoms with Gasteiger partial charge in [-0.1, -0.05) is 18.2 Å². The van der Waals surface area contributed by atoms with Crippen LogP contribution in [0, 0.1) is 6.92 Å². The summed E-state index contributed by atoms with van der Waals surface area (Å²) < 4.78 is 183. The second kappa shape index (κ2) is 15.5. The van der Waals surface area contributed by atoms with Crippen molar-refractivity contribution >= 4 is 59.8 Å². The third-order valence-electron chi connectivity index (χ3n) is 11.3. The molecule has 1 aliphatic carbocycles. The molecule has 1 heterocycles. The van der Waals surface area contributed by atoms with Gasteiger partial charge in [0.2, 0.25) is 9.84 Å². The highest BCUT2D eigenvalue weighted by molar-refractivity contribution is 7.91. The molecule has 0 radical (unpaired) electrons. The van der Waals surface area contributed by atoms with Gasteiger partial charge < -0.3 is 9.47 Å². The van der Waals surface area contributed by atoms with E-state index in [0.717, 1.165) is 29.2 Å². The summed E-state index contributed by atoms with van der Waals surface area (Å²) in [5.41, 5.74) is -2.24. The molecule has 346 valence electrons. The summed E-state index contributed by atoms with van der Waals surface area (Å²) in [7, 11) is -10.9.